The van der Waals surface area contributed by atoms with Crippen molar-refractivity contribution in [3.63, 3.8) is 0 Å². The highest BCUT2D eigenvalue weighted by atomic mass is 32.1. The standard InChI is InChI=1S/C22H19N3OS/c1-3-19-18-12-15-6-4-5-7-17(15)21(18)25(24-19)22-23-20(13-27-22)14-8-10-16(26-2)11-9-14/h4-11,13H,3,12H2,1-2H3. The number of thiazole rings is 1. The van der Waals surface area contributed by atoms with Gasteiger partial charge in [0.05, 0.1) is 24.2 Å². The molecule has 1 aliphatic rings. The molecular formula is C22H19N3OS. The summed E-state index contributed by atoms with van der Waals surface area (Å²) in [7, 11) is 1.68. The summed E-state index contributed by atoms with van der Waals surface area (Å²) in [6.07, 6.45) is 1.89. The summed E-state index contributed by atoms with van der Waals surface area (Å²) >= 11 is 1.63. The Balaban J connectivity index is 1.60. The smallest absolute Gasteiger partial charge is 0.211 e. The van der Waals surface area contributed by atoms with Crippen molar-refractivity contribution in [1.29, 1.82) is 0 Å². The third kappa shape index (κ3) is 2.58. The van der Waals surface area contributed by atoms with E-state index < -0.39 is 0 Å². The van der Waals surface area contributed by atoms with Gasteiger partial charge in [0, 0.05) is 28.5 Å². The SMILES string of the molecule is CCc1nn(-c2nc(-c3ccc(OC)cc3)cs2)c2c1Cc1ccccc1-2. The molecule has 0 atom stereocenters. The van der Waals surface area contributed by atoms with E-state index in [1.807, 2.05) is 28.9 Å². The first kappa shape index (κ1) is 16.3. The summed E-state index contributed by atoms with van der Waals surface area (Å²) in [5.74, 6) is 0.850. The highest BCUT2D eigenvalue weighted by Crippen LogP contribution is 2.40. The minimum absolute atomic E-state index is 0.850. The maximum absolute atomic E-state index is 5.25. The van der Waals surface area contributed by atoms with Crippen LogP contribution in [0.3, 0.4) is 0 Å². The minimum atomic E-state index is 0.850. The third-order valence-corrected chi connectivity index (χ3v) is 5.92. The van der Waals surface area contributed by atoms with E-state index in [1.54, 1.807) is 18.4 Å². The molecule has 0 unspecified atom stereocenters. The molecule has 0 spiro atoms. The van der Waals surface area contributed by atoms with Gasteiger partial charge in [-0.2, -0.15) is 5.10 Å². The van der Waals surface area contributed by atoms with E-state index in [0.29, 0.717) is 0 Å². The van der Waals surface area contributed by atoms with Gasteiger partial charge in [-0.25, -0.2) is 9.67 Å². The van der Waals surface area contributed by atoms with Crippen molar-refractivity contribution >= 4 is 11.3 Å². The van der Waals surface area contributed by atoms with Crippen LogP contribution in [-0.2, 0) is 12.8 Å². The molecule has 27 heavy (non-hydrogen) atoms. The van der Waals surface area contributed by atoms with Crippen molar-refractivity contribution in [1.82, 2.24) is 14.8 Å². The average molecular weight is 373 g/mol. The molecule has 2 heterocycles. The number of aryl methyl sites for hydroxylation is 1. The second-order valence-electron chi connectivity index (χ2n) is 6.62. The normalized spacial score (nSPS) is 12.1. The summed E-state index contributed by atoms with van der Waals surface area (Å²) in [6, 6.07) is 16.6. The number of aromatic nitrogens is 3. The van der Waals surface area contributed by atoms with Gasteiger partial charge in [0.2, 0.25) is 5.13 Å². The fraction of sp³-hybridized carbons (Fsp3) is 0.182. The fourth-order valence-electron chi connectivity index (χ4n) is 3.73. The zero-order valence-electron chi connectivity index (χ0n) is 15.3. The van der Waals surface area contributed by atoms with Gasteiger partial charge >= 0.3 is 0 Å². The Hall–Kier alpha value is -2.92. The molecule has 0 amide bonds. The number of benzene rings is 2. The van der Waals surface area contributed by atoms with Crippen molar-refractivity contribution in [2.45, 2.75) is 19.8 Å². The van der Waals surface area contributed by atoms with Gasteiger partial charge in [-0.05, 0) is 36.2 Å². The second-order valence-corrected chi connectivity index (χ2v) is 7.45. The molecule has 0 N–H and O–H groups in total. The summed E-state index contributed by atoms with van der Waals surface area (Å²) in [5, 5.41) is 7.90. The Morgan fingerprint density at radius 2 is 1.93 bits per heavy atom. The van der Waals surface area contributed by atoms with E-state index in [4.69, 9.17) is 14.8 Å². The molecule has 2 aromatic heterocycles. The zero-order chi connectivity index (χ0) is 18.4. The monoisotopic (exact) mass is 373 g/mol. The lowest BCUT2D eigenvalue weighted by molar-refractivity contribution is 0.415. The molecule has 134 valence electrons. The van der Waals surface area contributed by atoms with Crippen molar-refractivity contribution < 1.29 is 4.74 Å². The predicted molar refractivity (Wildman–Crippen MR) is 109 cm³/mol. The van der Waals surface area contributed by atoms with Crippen LogP contribution >= 0.6 is 11.3 Å². The Bertz CT molecular complexity index is 1120. The van der Waals surface area contributed by atoms with Crippen LogP contribution < -0.4 is 4.74 Å². The first-order valence-electron chi connectivity index (χ1n) is 9.08. The van der Waals surface area contributed by atoms with E-state index in [2.05, 4.69) is 36.6 Å². The van der Waals surface area contributed by atoms with Crippen LogP contribution in [0.15, 0.2) is 53.9 Å². The molecule has 4 nitrogen and oxygen atoms in total. The van der Waals surface area contributed by atoms with Crippen LogP contribution in [0.2, 0.25) is 0 Å². The van der Waals surface area contributed by atoms with Gasteiger partial charge in [-0.15, -0.1) is 11.3 Å². The van der Waals surface area contributed by atoms with Gasteiger partial charge in [-0.1, -0.05) is 31.2 Å². The fourth-order valence-corrected chi connectivity index (χ4v) is 4.52. The third-order valence-electron chi connectivity index (χ3n) is 5.10. The van der Waals surface area contributed by atoms with E-state index in [0.717, 1.165) is 35.0 Å². The van der Waals surface area contributed by atoms with Crippen LogP contribution in [0.5, 0.6) is 5.75 Å². The van der Waals surface area contributed by atoms with Gasteiger partial charge in [-0.3, -0.25) is 0 Å². The van der Waals surface area contributed by atoms with Crippen LogP contribution in [0.1, 0.15) is 23.7 Å². The first-order chi connectivity index (χ1) is 13.3. The van der Waals surface area contributed by atoms with E-state index >= 15 is 0 Å². The number of ether oxygens (including phenoxy) is 1. The first-order valence-corrected chi connectivity index (χ1v) is 9.96. The highest BCUT2D eigenvalue weighted by molar-refractivity contribution is 7.12. The Kier molecular flexibility index (Phi) is 3.83. The molecule has 0 radical (unpaired) electrons. The molecule has 1 aliphatic carbocycles. The zero-order valence-corrected chi connectivity index (χ0v) is 16.1. The number of hydrogen-bond acceptors (Lipinski definition) is 4. The molecule has 2 aromatic carbocycles. The van der Waals surface area contributed by atoms with E-state index in [1.165, 1.54) is 28.1 Å². The second kappa shape index (κ2) is 6.35. The van der Waals surface area contributed by atoms with Crippen LogP contribution in [0, 0.1) is 0 Å². The van der Waals surface area contributed by atoms with Crippen molar-refractivity contribution in [2.24, 2.45) is 0 Å². The summed E-state index contributed by atoms with van der Waals surface area (Å²) in [5.41, 5.74) is 8.42. The molecular weight excluding hydrogens is 354 g/mol. The number of fused-ring (bicyclic) bond motifs is 3. The van der Waals surface area contributed by atoms with Crippen molar-refractivity contribution in [3.8, 4) is 33.4 Å². The van der Waals surface area contributed by atoms with E-state index in [-0.39, 0.29) is 0 Å². The average Bonchev–Trinajstić information content (AvgIpc) is 3.42. The van der Waals surface area contributed by atoms with Crippen molar-refractivity contribution in [3.05, 3.63) is 70.7 Å². The summed E-state index contributed by atoms with van der Waals surface area (Å²) in [4.78, 5) is 4.88. The highest BCUT2D eigenvalue weighted by Gasteiger charge is 2.28. The topological polar surface area (TPSA) is 39.9 Å². The minimum Gasteiger partial charge on any atom is -0.497 e. The number of rotatable bonds is 4. The Labute approximate surface area is 162 Å². The summed E-state index contributed by atoms with van der Waals surface area (Å²) < 4.78 is 7.29. The molecule has 5 rings (SSSR count). The molecule has 0 aliphatic heterocycles. The lowest BCUT2D eigenvalue weighted by Gasteiger charge is -2.04. The number of methoxy groups -OCH3 is 1. The lowest BCUT2D eigenvalue weighted by Crippen LogP contribution is -1.99. The predicted octanol–water partition coefficient (Wildman–Crippen LogP) is 5.14. The van der Waals surface area contributed by atoms with E-state index in [9.17, 15) is 0 Å². The van der Waals surface area contributed by atoms with Gasteiger partial charge in [0.15, 0.2) is 0 Å². The van der Waals surface area contributed by atoms with Crippen molar-refractivity contribution in [2.75, 3.05) is 7.11 Å². The van der Waals surface area contributed by atoms with Crippen LogP contribution in [0.25, 0.3) is 27.6 Å². The Morgan fingerprint density at radius 3 is 2.70 bits per heavy atom. The maximum Gasteiger partial charge on any atom is 0.211 e. The molecule has 0 saturated carbocycles. The van der Waals surface area contributed by atoms with Gasteiger partial charge in [0.1, 0.15) is 5.75 Å². The van der Waals surface area contributed by atoms with Gasteiger partial charge < -0.3 is 4.74 Å². The van der Waals surface area contributed by atoms with Crippen LogP contribution in [-0.4, -0.2) is 21.9 Å². The molecule has 0 fully saturated rings. The maximum atomic E-state index is 5.25. The quantitative estimate of drug-likeness (QED) is 0.438. The molecule has 0 saturated heterocycles. The molecule has 0 bridgehead atoms. The van der Waals surface area contributed by atoms with Crippen LogP contribution in [0.4, 0.5) is 0 Å². The lowest BCUT2D eigenvalue weighted by atomic mass is 10.1. The van der Waals surface area contributed by atoms with Gasteiger partial charge in [0.25, 0.3) is 0 Å². The Morgan fingerprint density at radius 1 is 1.11 bits per heavy atom. The summed E-state index contributed by atoms with van der Waals surface area (Å²) in [6.45, 7) is 2.17. The largest absolute Gasteiger partial charge is 0.497 e. The number of hydrogen-bond donors (Lipinski definition) is 0. The molecule has 4 aromatic rings. The molecule has 5 heteroatoms. The number of nitrogens with zero attached hydrogens (tertiary/aromatic N) is 3.